The van der Waals surface area contributed by atoms with E-state index >= 15 is 0 Å². The Morgan fingerprint density at radius 3 is 2.72 bits per heavy atom. The summed E-state index contributed by atoms with van der Waals surface area (Å²) in [5, 5.41) is 11.5. The second-order valence-corrected chi connectivity index (χ2v) is 4.85. The first-order valence-corrected chi connectivity index (χ1v) is 6.55. The van der Waals surface area contributed by atoms with Crippen LogP contribution in [0.2, 0.25) is 0 Å². The first-order chi connectivity index (χ1) is 8.79. The van der Waals surface area contributed by atoms with Crippen LogP contribution in [-0.4, -0.2) is 44.1 Å². The Kier molecular flexibility index (Phi) is 4.90. The first-order valence-electron chi connectivity index (χ1n) is 6.55. The molecular weight excluding hydrogens is 228 g/mol. The van der Waals surface area contributed by atoms with Gasteiger partial charge in [0.25, 0.3) is 0 Å². The maximum absolute atomic E-state index is 5.38. The van der Waals surface area contributed by atoms with E-state index in [1.165, 1.54) is 0 Å². The third kappa shape index (κ3) is 3.65. The van der Waals surface area contributed by atoms with E-state index in [0.717, 1.165) is 50.7 Å². The zero-order chi connectivity index (χ0) is 12.8. The molecule has 0 aromatic carbocycles. The number of hydrogen-bond donors (Lipinski definition) is 1. The van der Waals surface area contributed by atoms with Crippen LogP contribution in [0.15, 0.2) is 12.1 Å². The van der Waals surface area contributed by atoms with Crippen molar-refractivity contribution in [2.45, 2.75) is 19.4 Å². The van der Waals surface area contributed by atoms with Crippen molar-refractivity contribution in [3.63, 3.8) is 0 Å². The summed E-state index contributed by atoms with van der Waals surface area (Å²) < 4.78 is 5.38. The molecule has 1 aliphatic heterocycles. The minimum Gasteiger partial charge on any atom is -0.381 e. The molecule has 18 heavy (non-hydrogen) atoms. The normalized spacial score (nSPS) is 16.8. The number of ether oxygens (including phenoxy) is 1. The second kappa shape index (κ2) is 6.66. The zero-order valence-corrected chi connectivity index (χ0v) is 11.2. The standard InChI is InChI=1S/C13H22N4O/c1-14-9-12-3-4-13(16-15-12)17(2)10-11-5-7-18-8-6-11/h3-4,11,14H,5-10H2,1-2H3. The average molecular weight is 250 g/mol. The number of anilines is 1. The molecule has 100 valence electrons. The number of rotatable bonds is 5. The molecule has 1 N–H and O–H groups in total. The van der Waals surface area contributed by atoms with E-state index in [2.05, 4.69) is 27.5 Å². The molecule has 1 fully saturated rings. The summed E-state index contributed by atoms with van der Waals surface area (Å²) in [5.41, 5.74) is 0.973. The van der Waals surface area contributed by atoms with E-state index in [0.29, 0.717) is 5.92 Å². The van der Waals surface area contributed by atoms with Crippen LogP contribution in [0.3, 0.4) is 0 Å². The Labute approximate surface area is 109 Å². The highest BCUT2D eigenvalue weighted by Crippen LogP contribution is 2.18. The Hall–Kier alpha value is -1.20. The van der Waals surface area contributed by atoms with Crippen molar-refractivity contribution in [3.8, 4) is 0 Å². The Balaban J connectivity index is 1.89. The molecule has 0 aliphatic carbocycles. The van der Waals surface area contributed by atoms with Gasteiger partial charge in [0.15, 0.2) is 5.82 Å². The van der Waals surface area contributed by atoms with Crippen molar-refractivity contribution < 1.29 is 4.74 Å². The Morgan fingerprint density at radius 2 is 2.11 bits per heavy atom. The van der Waals surface area contributed by atoms with Gasteiger partial charge in [-0.05, 0) is 37.9 Å². The number of nitrogens with zero attached hydrogens (tertiary/aromatic N) is 3. The smallest absolute Gasteiger partial charge is 0.150 e. The monoisotopic (exact) mass is 250 g/mol. The van der Waals surface area contributed by atoms with Gasteiger partial charge in [-0.2, -0.15) is 5.10 Å². The lowest BCUT2D eigenvalue weighted by Gasteiger charge is -2.27. The average Bonchev–Trinajstić information content (AvgIpc) is 2.41. The van der Waals surface area contributed by atoms with Crippen molar-refractivity contribution >= 4 is 5.82 Å². The van der Waals surface area contributed by atoms with Crippen molar-refractivity contribution in [3.05, 3.63) is 17.8 Å². The van der Waals surface area contributed by atoms with E-state index in [4.69, 9.17) is 4.74 Å². The summed E-state index contributed by atoms with van der Waals surface area (Å²) in [4.78, 5) is 2.19. The van der Waals surface area contributed by atoms with Crippen LogP contribution in [0.25, 0.3) is 0 Å². The molecule has 0 saturated carbocycles. The van der Waals surface area contributed by atoms with E-state index in [1.54, 1.807) is 0 Å². The van der Waals surface area contributed by atoms with Crippen LogP contribution in [0.4, 0.5) is 5.82 Å². The van der Waals surface area contributed by atoms with Gasteiger partial charge in [-0.25, -0.2) is 0 Å². The summed E-state index contributed by atoms with van der Waals surface area (Å²) in [7, 11) is 3.99. The van der Waals surface area contributed by atoms with E-state index in [-0.39, 0.29) is 0 Å². The van der Waals surface area contributed by atoms with Crippen LogP contribution in [0.5, 0.6) is 0 Å². The predicted molar refractivity (Wildman–Crippen MR) is 71.6 cm³/mol. The molecule has 1 aliphatic rings. The van der Waals surface area contributed by atoms with Gasteiger partial charge in [-0.3, -0.25) is 0 Å². The van der Waals surface area contributed by atoms with Crippen LogP contribution in [0, 0.1) is 5.92 Å². The molecule has 0 spiro atoms. The highest BCUT2D eigenvalue weighted by molar-refractivity contribution is 5.36. The topological polar surface area (TPSA) is 50.3 Å². The molecule has 5 nitrogen and oxygen atoms in total. The SMILES string of the molecule is CNCc1ccc(N(C)CC2CCOCC2)nn1. The Morgan fingerprint density at radius 1 is 1.33 bits per heavy atom. The minimum atomic E-state index is 0.711. The van der Waals surface area contributed by atoms with Crippen molar-refractivity contribution in [1.82, 2.24) is 15.5 Å². The predicted octanol–water partition coefficient (Wildman–Crippen LogP) is 1.06. The van der Waals surface area contributed by atoms with E-state index in [9.17, 15) is 0 Å². The van der Waals surface area contributed by atoms with Crippen LogP contribution >= 0.6 is 0 Å². The van der Waals surface area contributed by atoms with Gasteiger partial charge < -0.3 is 15.0 Å². The molecule has 0 atom stereocenters. The molecule has 2 rings (SSSR count). The molecule has 0 radical (unpaired) electrons. The molecule has 0 unspecified atom stereocenters. The van der Waals surface area contributed by atoms with Gasteiger partial charge in [0.05, 0.1) is 5.69 Å². The summed E-state index contributed by atoms with van der Waals surface area (Å²) in [6, 6.07) is 4.07. The minimum absolute atomic E-state index is 0.711. The van der Waals surface area contributed by atoms with Gasteiger partial charge >= 0.3 is 0 Å². The molecule has 1 aromatic rings. The Bertz CT molecular complexity index is 349. The fraction of sp³-hybridized carbons (Fsp3) is 0.692. The van der Waals surface area contributed by atoms with Gasteiger partial charge in [-0.1, -0.05) is 0 Å². The lowest BCUT2D eigenvalue weighted by molar-refractivity contribution is 0.0685. The summed E-state index contributed by atoms with van der Waals surface area (Å²) >= 11 is 0. The molecule has 1 aromatic heterocycles. The molecule has 2 heterocycles. The maximum Gasteiger partial charge on any atom is 0.150 e. The number of hydrogen-bond acceptors (Lipinski definition) is 5. The molecular formula is C13H22N4O. The third-order valence-electron chi connectivity index (χ3n) is 3.33. The summed E-state index contributed by atoms with van der Waals surface area (Å²) in [5.74, 6) is 1.66. The van der Waals surface area contributed by atoms with Gasteiger partial charge in [0.1, 0.15) is 0 Å². The summed E-state index contributed by atoms with van der Waals surface area (Å²) in [6.45, 7) is 3.58. The first kappa shape index (κ1) is 13.2. The zero-order valence-electron chi connectivity index (χ0n) is 11.2. The number of aromatic nitrogens is 2. The quantitative estimate of drug-likeness (QED) is 0.847. The second-order valence-electron chi connectivity index (χ2n) is 4.85. The highest BCUT2D eigenvalue weighted by Gasteiger charge is 2.16. The lowest BCUT2D eigenvalue weighted by atomic mass is 10.00. The molecule has 5 heteroatoms. The van der Waals surface area contributed by atoms with Crippen molar-refractivity contribution in [2.75, 3.05) is 38.8 Å². The van der Waals surface area contributed by atoms with Crippen molar-refractivity contribution in [2.24, 2.45) is 5.92 Å². The highest BCUT2D eigenvalue weighted by atomic mass is 16.5. The molecule has 0 amide bonds. The van der Waals surface area contributed by atoms with Crippen LogP contribution < -0.4 is 10.2 Å². The van der Waals surface area contributed by atoms with Gasteiger partial charge in [-0.15, -0.1) is 5.10 Å². The largest absolute Gasteiger partial charge is 0.381 e. The van der Waals surface area contributed by atoms with Gasteiger partial charge in [0.2, 0.25) is 0 Å². The fourth-order valence-electron chi connectivity index (χ4n) is 2.24. The van der Waals surface area contributed by atoms with E-state index < -0.39 is 0 Å². The third-order valence-corrected chi connectivity index (χ3v) is 3.33. The van der Waals surface area contributed by atoms with Crippen LogP contribution in [0.1, 0.15) is 18.5 Å². The maximum atomic E-state index is 5.38. The number of nitrogens with one attached hydrogen (secondary N) is 1. The summed E-state index contributed by atoms with van der Waals surface area (Å²) in [6.07, 6.45) is 2.30. The molecule has 1 saturated heterocycles. The van der Waals surface area contributed by atoms with E-state index in [1.807, 2.05) is 19.2 Å². The lowest BCUT2D eigenvalue weighted by Crippen LogP contribution is -2.30. The molecule has 0 bridgehead atoms. The van der Waals surface area contributed by atoms with Crippen molar-refractivity contribution in [1.29, 1.82) is 0 Å². The fourth-order valence-corrected chi connectivity index (χ4v) is 2.24. The van der Waals surface area contributed by atoms with Crippen LogP contribution in [-0.2, 0) is 11.3 Å². The van der Waals surface area contributed by atoms with Gasteiger partial charge in [0, 0.05) is 33.4 Å².